The number of benzene rings is 1. The zero-order valence-corrected chi connectivity index (χ0v) is 14.5. The third-order valence-corrected chi connectivity index (χ3v) is 3.59. The molecule has 6 nitrogen and oxygen atoms in total. The number of allylic oxidation sites excluding steroid dienone is 1. The van der Waals surface area contributed by atoms with E-state index in [2.05, 4.69) is 10.2 Å². The Hall–Kier alpha value is -2.34. The summed E-state index contributed by atoms with van der Waals surface area (Å²) in [6, 6.07) is 6.63. The molecule has 2 N–H and O–H groups in total. The number of nitrogens with zero attached hydrogens (tertiary/aromatic N) is 1. The highest BCUT2D eigenvalue weighted by Gasteiger charge is 2.11. The molecule has 0 spiro atoms. The second kappa shape index (κ2) is 10.4. The maximum Gasteiger partial charge on any atom is 0.352 e. The van der Waals surface area contributed by atoms with Crippen molar-refractivity contribution < 1.29 is 19.4 Å². The van der Waals surface area contributed by atoms with E-state index in [1.807, 2.05) is 20.8 Å². The number of aliphatic carboxylic acids is 1. The molecule has 6 heteroatoms. The van der Waals surface area contributed by atoms with Crippen molar-refractivity contribution in [1.82, 2.24) is 10.2 Å². The van der Waals surface area contributed by atoms with Crippen molar-refractivity contribution in [2.24, 2.45) is 0 Å². The molecule has 1 aromatic carbocycles. The van der Waals surface area contributed by atoms with Gasteiger partial charge in [0.2, 0.25) is 0 Å². The molecule has 0 aliphatic rings. The normalized spacial score (nSPS) is 11.4. The van der Waals surface area contributed by atoms with E-state index in [9.17, 15) is 14.7 Å². The minimum absolute atomic E-state index is 0.0963. The fourth-order valence-corrected chi connectivity index (χ4v) is 2.17. The maximum absolute atomic E-state index is 12.2. The molecule has 1 rings (SSSR count). The molecule has 0 saturated heterocycles. The van der Waals surface area contributed by atoms with Crippen molar-refractivity contribution in [2.75, 3.05) is 32.8 Å². The summed E-state index contributed by atoms with van der Waals surface area (Å²) in [6.45, 7) is 9.51. The monoisotopic (exact) mass is 334 g/mol. The van der Waals surface area contributed by atoms with Crippen LogP contribution < -0.4 is 10.1 Å². The zero-order valence-electron chi connectivity index (χ0n) is 14.5. The van der Waals surface area contributed by atoms with Crippen LogP contribution in [0, 0.1) is 0 Å². The van der Waals surface area contributed by atoms with Gasteiger partial charge in [-0.05, 0) is 44.3 Å². The Morgan fingerprint density at radius 3 is 2.29 bits per heavy atom. The highest BCUT2D eigenvalue weighted by molar-refractivity contribution is 6.08. The van der Waals surface area contributed by atoms with E-state index >= 15 is 0 Å². The minimum Gasteiger partial charge on any atom is -0.494 e. The van der Waals surface area contributed by atoms with E-state index in [-0.39, 0.29) is 11.5 Å². The van der Waals surface area contributed by atoms with Gasteiger partial charge in [0.15, 0.2) is 5.78 Å². The van der Waals surface area contributed by atoms with Gasteiger partial charge in [0, 0.05) is 24.7 Å². The zero-order chi connectivity index (χ0) is 17.9. The summed E-state index contributed by atoms with van der Waals surface area (Å²) >= 11 is 0. The SMILES string of the molecule is CCOc1ccc(C(=O)C=C(NCCN(CC)CC)C(=O)O)cc1. The molecular formula is C18H26N2O4. The number of hydrogen-bond acceptors (Lipinski definition) is 5. The summed E-state index contributed by atoms with van der Waals surface area (Å²) in [5, 5.41) is 12.1. The number of carboxylic acids is 1. The largest absolute Gasteiger partial charge is 0.494 e. The van der Waals surface area contributed by atoms with Crippen molar-refractivity contribution in [1.29, 1.82) is 0 Å². The predicted octanol–water partition coefficient (Wildman–Crippen LogP) is 2.17. The summed E-state index contributed by atoms with van der Waals surface area (Å²) in [4.78, 5) is 25.7. The molecule has 0 aliphatic heterocycles. The first-order chi connectivity index (χ1) is 11.5. The molecule has 0 aromatic heterocycles. The molecule has 24 heavy (non-hydrogen) atoms. The Labute approximate surface area is 143 Å². The van der Waals surface area contributed by atoms with Crippen molar-refractivity contribution >= 4 is 11.8 Å². The fourth-order valence-electron chi connectivity index (χ4n) is 2.17. The van der Waals surface area contributed by atoms with Gasteiger partial charge in [-0.15, -0.1) is 0 Å². The number of rotatable bonds is 11. The summed E-state index contributed by atoms with van der Waals surface area (Å²) in [5.41, 5.74) is 0.323. The van der Waals surface area contributed by atoms with E-state index in [4.69, 9.17) is 4.74 Å². The van der Waals surface area contributed by atoms with Gasteiger partial charge in [-0.2, -0.15) is 0 Å². The molecule has 0 saturated carbocycles. The minimum atomic E-state index is -1.14. The van der Waals surface area contributed by atoms with Crippen LogP contribution in [0.15, 0.2) is 36.0 Å². The topological polar surface area (TPSA) is 78.9 Å². The molecule has 0 bridgehead atoms. The van der Waals surface area contributed by atoms with Crippen LogP contribution in [0.3, 0.4) is 0 Å². The lowest BCUT2D eigenvalue weighted by Gasteiger charge is -2.18. The molecular weight excluding hydrogens is 308 g/mol. The summed E-state index contributed by atoms with van der Waals surface area (Å²) in [5.74, 6) is -0.826. The van der Waals surface area contributed by atoms with Crippen LogP contribution in [0.2, 0.25) is 0 Å². The van der Waals surface area contributed by atoms with Crippen molar-refractivity contribution in [3.63, 3.8) is 0 Å². The van der Waals surface area contributed by atoms with Crippen LogP contribution in [0.4, 0.5) is 0 Å². The quantitative estimate of drug-likeness (QED) is 0.477. The number of carbonyl (C=O) groups excluding carboxylic acids is 1. The number of ketones is 1. The third-order valence-electron chi connectivity index (χ3n) is 3.59. The Bertz CT molecular complexity index is 563. The molecule has 0 unspecified atom stereocenters. The molecule has 0 amide bonds. The lowest BCUT2D eigenvalue weighted by molar-refractivity contribution is -0.133. The first-order valence-electron chi connectivity index (χ1n) is 8.20. The average molecular weight is 334 g/mol. The first kappa shape index (κ1) is 19.7. The summed E-state index contributed by atoms with van der Waals surface area (Å²) in [7, 11) is 0. The standard InChI is InChI=1S/C18H26N2O4/c1-4-20(5-2)12-11-19-16(18(22)23)13-17(21)14-7-9-15(10-8-14)24-6-3/h7-10,13,19H,4-6,11-12H2,1-3H3,(H,22,23). The van der Waals surface area contributed by atoms with Crippen molar-refractivity contribution in [3.05, 3.63) is 41.6 Å². The number of carbonyl (C=O) groups is 2. The van der Waals surface area contributed by atoms with Crippen LogP contribution in [-0.4, -0.2) is 54.5 Å². The number of likely N-dealkylation sites (N-methyl/N-ethyl adjacent to an activating group) is 1. The number of nitrogens with one attached hydrogen (secondary N) is 1. The van der Waals surface area contributed by atoms with Crippen molar-refractivity contribution in [3.8, 4) is 5.75 Å². The van der Waals surface area contributed by atoms with Gasteiger partial charge < -0.3 is 20.1 Å². The average Bonchev–Trinajstić information content (AvgIpc) is 2.58. The Morgan fingerprint density at radius 2 is 1.79 bits per heavy atom. The molecule has 0 fully saturated rings. The van der Waals surface area contributed by atoms with Gasteiger partial charge in [0.05, 0.1) is 6.61 Å². The highest BCUT2D eigenvalue weighted by atomic mass is 16.5. The van der Waals surface area contributed by atoms with Gasteiger partial charge in [-0.3, -0.25) is 4.79 Å². The smallest absolute Gasteiger partial charge is 0.352 e. The first-order valence-corrected chi connectivity index (χ1v) is 8.20. The number of carboxylic acid groups (broad SMARTS) is 1. The summed E-state index contributed by atoms with van der Waals surface area (Å²) in [6.07, 6.45) is 1.13. The molecule has 0 atom stereocenters. The number of hydrogen-bond donors (Lipinski definition) is 2. The van der Waals surface area contributed by atoms with Gasteiger partial charge in [-0.1, -0.05) is 13.8 Å². The van der Waals surface area contributed by atoms with E-state index < -0.39 is 5.97 Å². The highest BCUT2D eigenvalue weighted by Crippen LogP contribution is 2.13. The van der Waals surface area contributed by atoms with Crippen LogP contribution in [0.25, 0.3) is 0 Å². The lowest BCUT2D eigenvalue weighted by Crippen LogP contribution is -2.33. The fraction of sp³-hybridized carbons (Fsp3) is 0.444. The van der Waals surface area contributed by atoms with E-state index in [0.717, 1.165) is 25.7 Å². The van der Waals surface area contributed by atoms with Crippen LogP contribution >= 0.6 is 0 Å². The molecule has 132 valence electrons. The van der Waals surface area contributed by atoms with Gasteiger partial charge >= 0.3 is 5.97 Å². The Kier molecular flexibility index (Phi) is 8.57. The van der Waals surface area contributed by atoms with E-state index in [1.165, 1.54) is 0 Å². The third kappa shape index (κ3) is 6.42. The second-order valence-corrected chi connectivity index (χ2v) is 5.14. The van der Waals surface area contributed by atoms with E-state index in [1.54, 1.807) is 24.3 Å². The van der Waals surface area contributed by atoms with E-state index in [0.29, 0.717) is 24.5 Å². The van der Waals surface area contributed by atoms with Crippen LogP contribution in [-0.2, 0) is 4.79 Å². The molecule has 0 heterocycles. The van der Waals surface area contributed by atoms with Crippen LogP contribution in [0.5, 0.6) is 5.75 Å². The van der Waals surface area contributed by atoms with Crippen molar-refractivity contribution in [2.45, 2.75) is 20.8 Å². The lowest BCUT2D eigenvalue weighted by atomic mass is 10.1. The predicted molar refractivity (Wildman–Crippen MR) is 93.5 cm³/mol. The van der Waals surface area contributed by atoms with Crippen LogP contribution in [0.1, 0.15) is 31.1 Å². The second-order valence-electron chi connectivity index (χ2n) is 5.14. The molecule has 0 aliphatic carbocycles. The Morgan fingerprint density at radius 1 is 1.17 bits per heavy atom. The number of ether oxygens (including phenoxy) is 1. The molecule has 0 radical (unpaired) electrons. The molecule has 1 aromatic rings. The Balaban J connectivity index is 2.72. The maximum atomic E-state index is 12.2. The van der Waals surface area contributed by atoms with Gasteiger partial charge in [0.1, 0.15) is 11.4 Å². The summed E-state index contributed by atoms with van der Waals surface area (Å²) < 4.78 is 5.32. The van der Waals surface area contributed by atoms with Gasteiger partial charge in [0.25, 0.3) is 0 Å². The van der Waals surface area contributed by atoms with Gasteiger partial charge in [-0.25, -0.2) is 4.79 Å².